The Morgan fingerprint density at radius 2 is 1.92 bits per heavy atom. The summed E-state index contributed by atoms with van der Waals surface area (Å²) in [7, 11) is -3.20. The summed E-state index contributed by atoms with van der Waals surface area (Å²) >= 11 is 6.60. The molecule has 1 aliphatic carbocycles. The zero-order chi connectivity index (χ0) is 27.6. The Bertz CT molecular complexity index is 1550. The number of benzene rings is 1. The Kier molecular flexibility index (Phi) is 7.82. The van der Waals surface area contributed by atoms with E-state index < -0.39 is 10.0 Å². The zero-order valence-electron chi connectivity index (χ0n) is 21.4. The molecule has 2 N–H and O–H groups in total. The molecule has 0 unspecified atom stereocenters. The number of anilines is 1. The molecule has 5 rings (SSSR count). The standard InChI is InChI=1S/C26H28ClN9O2S/c1-39(37,38)35-6-4-21(5-7-35)33-26-31-14-19(12-29)25(34-26)20-15-32-36(16-20)24-3-2-17(10-23(24)27)13-30-22-8-18(9-22)11-28/h2-3,10,14-16,18,21-22,30H,4-9,13H2,1H3,(H,31,33,34)/t18-,22+. The highest BCUT2D eigenvalue weighted by Crippen LogP contribution is 2.29. The second kappa shape index (κ2) is 11.3. The number of nitrogens with zero attached hydrogens (tertiary/aromatic N) is 7. The molecule has 0 amide bonds. The Morgan fingerprint density at radius 1 is 1.15 bits per heavy atom. The second-order valence-corrected chi connectivity index (χ2v) is 12.4. The molecule has 13 heteroatoms. The van der Waals surface area contributed by atoms with E-state index in [4.69, 9.17) is 16.9 Å². The molecular formula is C26H28ClN9O2S. The molecule has 11 nitrogen and oxygen atoms in total. The van der Waals surface area contributed by atoms with Crippen molar-refractivity contribution in [3.8, 4) is 29.1 Å². The van der Waals surface area contributed by atoms with Gasteiger partial charge in [0.2, 0.25) is 16.0 Å². The van der Waals surface area contributed by atoms with Crippen LogP contribution in [0.5, 0.6) is 0 Å². The SMILES string of the molecule is CS(=O)(=O)N1CCC(Nc2ncc(C#N)c(-c3cnn(-c4ccc(CN[C@H]5C[C@@H](C#N)C5)cc4Cl)c3)n2)CC1. The first-order chi connectivity index (χ1) is 18.7. The predicted octanol–water partition coefficient (Wildman–Crippen LogP) is 3.08. The Hall–Kier alpha value is -3.55. The highest BCUT2D eigenvalue weighted by Gasteiger charge is 2.28. The minimum Gasteiger partial charge on any atom is -0.351 e. The Morgan fingerprint density at radius 3 is 2.59 bits per heavy atom. The van der Waals surface area contributed by atoms with Crippen molar-refractivity contribution in [3.05, 3.63) is 52.9 Å². The van der Waals surface area contributed by atoms with Crippen LogP contribution < -0.4 is 10.6 Å². The van der Waals surface area contributed by atoms with Crippen molar-refractivity contribution in [1.29, 1.82) is 10.5 Å². The molecule has 0 bridgehead atoms. The molecule has 0 spiro atoms. The quantitative estimate of drug-likeness (QED) is 0.419. The van der Waals surface area contributed by atoms with Crippen LogP contribution in [0.25, 0.3) is 16.9 Å². The lowest BCUT2D eigenvalue weighted by Crippen LogP contribution is -2.42. The van der Waals surface area contributed by atoms with Gasteiger partial charge < -0.3 is 10.6 Å². The fourth-order valence-corrected chi connectivity index (χ4v) is 6.01. The molecule has 1 aliphatic heterocycles. The normalized spacial score (nSPS) is 20.1. The lowest BCUT2D eigenvalue weighted by Gasteiger charge is -2.31. The summed E-state index contributed by atoms with van der Waals surface area (Å²) in [4.78, 5) is 8.88. The molecule has 1 aromatic carbocycles. The first-order valence-corrected chi connectivity index (χ1v) is 14.9. The molecule has 0 atom stereocenters. The largest absolute Gasteiger partial charge is 0.351 e. The summed E-state index contributed by atoms with van der Waals surface area (Å²) in [5.74, 6) is 0.530. The van der Waals surface area contributed by atoms with Gasteiger partial charge in [-0.2, -0.15) is 15.6 Å². The number of hydrogen-bond acceptors (Lipinski definition) is 9. The highest BCUT2D eigenvalue weighted by atomic mass is 35.5. The summed E-state index contributed by atoms with van der Waals surface area (Å²) in [6.45, 7) is 1.54. The topological polar surface area (TPSA) is 153 Å². The minimum absolute atomic E-state index is 0.0235. The number of aromatic nitrogens is 4. The van der Waals surface area contributed by atoms with E-state index in [9.17, 15) is 13.7 Å². The molecule has 0 radical (unpaired) electrons. The minimum atomic E-state index is -3.20. The van der Waals surface area contributed by atoms with E-state index in [0.717, 1.165) is 18.4 Å². The summed E-state index contributed by atoms with van der Waals surface area (Å²) in [6, 6.07) is 10.6. The molecule has 2 aromatic heterocycles. The number of rotatable bonds is 8. The van der Waals surface area contributed by atoms with Crippen molar-refractivity contribution in [1.82, 2.24) is 29.4 Å². The summed E-state index contributed by atoms with van der Waals surface area (Å²) < 4.78 is 26.7. The molecule has 1 saturated heterocycles. The van der Waals surface area contributed by atoms with Crippen LogP contribution in [0.15, 0.2) is 36.8 Å². The second-order valence-electron chi connectivity index (χ2n) is 9.98. The van der Waals surface area contributed by atoms with Crippen LogP contribution in [0.1, 0.15) is 36.8 Å². The first-order valence-electron chi connectivity index (χ1n) is 12.7. The molecule has 2 fully saturated rings. The summed E-state index contributed by atoms with van der Waals surface area (Å²) in [5.41, 5.74) is 3.14. The maximum atomic E-state index is 11.8. The van der Waals surface area contributed by atoms with E-state index in [2.05, 4.69) is 37.8 Å². The van der Waals surface area contributed by atoms with Gasteiger partial charge in [0.1, 0.15) is 6.07 Å². The lowest BCUT2D eigenvalue weighted by molar-refractivity contribution is 0.273. The molecule has 2 aliphatic rings. The fraction of sp³-hybridized carbons (Fsp3) is 0.423. The summed E-state index contributed by atoms with van der Waals surface area (Å²) in [5, 5.41) is 30.3. The van der Waals surface area contributed by atoms with Gasteiger partial charge in [0.25, 0.3) is 0 Å². The van der Waals surface area contributed by atoms with E-state index in [1.54, 1.807) is 17.1 Å². The van der Waals surface area contributed by atoms with Crippen molar-refractivity contribution in [3.63, 3.8) is 0 Å². The average Bonchev–Trinajstić information content (AvgIpc) is 3.37. The lowest BCUT2D eigenvalue weighted by atomic mass is 9.81. The number of hydrogen-bond donors (Lipinski definition) is 2. The molecule has 39 heavy (non-hydrogen) atoms. The van der Waals surface area contributed by atoms with Crippen LogP contribution in [0.3, 0.4) is 0 Å². The Balaban J connectivity index is 1.27. The fourth-order valence-electron chi connectivity index (χ4n) is 4.84. The Labute approximate surface area is 232 Å². The van der Waals surface area contributed by atoms with Gasteiger partial charge in [-0.3, -0.25) is 0 Å². The number of sulfonamides is 1. The van der Waals surface area contributed by atoms with Crippen molar-refractivity contribution >= 4 is 27.6 Å². The van der Waals surface area contributed by atoms with Gasteiger partial charge in [-0.15, -0.1) is 0 Å². The number of halogens is 1. The molecule has 1 saturated carbocycles. The predicted molar refractivity (Wildman–Crippen MR) is 146 cm³/mol. The maximum absolute atomic E-state index is 11.8. The maximum Gasteiger partial charge on any atom is 0.223 e. The number of nitriles is 2. The first kappa shape index (κ1) is 27.0. The monoisotopic (exact) mass is 565 g/mol. The third kappa shape index (κ3) is 6.21. The van der Waals surface area contributed by atoms with Crippen LogP contribution >= 0.6 is 11.6 Å². The van der Waals surface area contributed by atoms with Gasteiger partial charge >= 0.3 is 0 Å². The molecular weight excluding hydrogens is 538 g/mol. The number of piperidine rings is 1. The van der Waals surface area contributed by atoms with Gasteiger partial charge in [-0.25, -0.2) is 27.4 Å². The highest BCUT2D eigenvalue weighted by molar-refractivity contribution is 7.88. The van der Waals surface area contributed by atoms with E-state index in [0.29, 0.717) is 72.0 Å². The van der Waals surface area contributed by atoms with Crippen molar-refractivity contribution in [2.24, 2.45) is 5.92 Å². The summed E-state index contributed by atoms with van der Waals surface area (Å²) in [6.07, 6.45) is 9.13. The molecule has 202 valence electrons. The average molecular weight is 566 g/mol. The number of nitrogens with one attached hydrogen (secondary N) is 2. The smallest absolute Gasteiger partial charge is 0.223 e. The van der Waals surface area contributed by atoms with Crippen LogP contribution in [0.2, 0.25) is 5.02 Å². The van der Waals surface area contributed by atoms with Crippen LogP contribution in [-0.2, 0) is 16.6 Å². The van der Waals surface area contributed by atoms with Crippen molar-refractivity contribution in [2.45, 2.75) is 44.3 Å². The van der Waals surface area contributed by atoms with E-state index in [-0.39, 0.29) is 12.0 Å². The zero-order valence-corrected chi connectivity index (χ0v) is 23.0. The van der Waals surface area contributed by atoms with E-state index >= 15 is 0 Å². The van der Waals surface area contributed by atoms with E-state index in [1.165, 1.54) is 16.8 Å². The van der Waals surface area contributed by atoms with Crippen LogP contribution in [-0.4, -0.2) is 63.9 Å². The van der Waals surface area contributed by atoms with Gasteiger partial charge in [0.05, 0.1) is 46.7 Å². The van der Waals surface area contributed by atoms with Crippen LogP contribution in [0.4, 0.5) is 5.95 Å². The van der Waals surface area contributed by atoms with Crippen molar-refractivity contribution < 1.29 is 8.42 Å². The molecule has 3 heterocycles. The van der Waals surface area contributed by atoms with Crippen molar-refractivity contribution in [2.75, 3.05) is 24.7 Å². The molecule has 3 aromatic rings. The van der Waals surface area contributed by atoms with Gasteiger partial charge in [-0.05, 0) is 43.4 Å². The van der Waals surface area contributed by atoms with Crippen LogP contribution in [0, 0.1) is 28.6 Å². The van der Waals surface area contributed by atoms with E-state index in [1.807, 2.05) is 18.2 Å². The van der Waals surface area contributed by atoms with Gasteiger partial charge in [0.15, 0.2) is 0 Å². The van der Waals surface area contributed by atoms with Gasteiger partial charge in [0, 0.05) is 49.4 Å². The third-order valence-electron chi connectivity index (χ3n) is 7.20. The third-order valence-corrected chi connectivity index (χ3v) is 8.80. The van der Waals surface area contributed by atoms with Gasteiger partial charge in [-0.1, -0.05) is 17.7 Å².